The van der Waals surface area contributed by atoms with Gasteiger partial charge in [0.15, 0.2) is 5.65 Å². The smallest absolute Gasteiger partial charge is 0.308 e. The molecule has 6 nitrogen and oxygen atoms in total. The zero-order valence-electron chi connectivity index (χ0n) is 15.0. The van der Waals surface area contributed by atoms with Crippen LogP contribution in [0.5, 0.6) is 0 Å². The second-order valence-corrected chi connectivity index (χ2v) is 6.90. The maximum absolute atomic E-state index is 11.4. The predicted octanol–water partition coefficient (Wildman–Crippen LogP) is 3.34. The van der Waals surface area contributed by atoms with Crippen LogP contribution >= 0.6 is 0 Å². The molecule has 1 saturated heterocycles. The second-order valence-electron chi connectivity index (χ2n) is 6.90. The third-order valence-corrected chi connectivity index (χ3v) is 5.36. The van der Waals surface area contributed by atoms with Gasteiger partial charge >= 0.3 is 5.97 Å². The number of fused-ring (bicyclic) bond motifs is 1. The lowest BCUT2D eigenvalue weighted by Crippen LogP contribution is -2.39. The van der Waals surface area contributed by atoms with Gasteiger partial charge in [-0.3, -0.25) is 9.36 Å². The van der Waals surface area contributed by atoms with Crippen LogP contribution in [0, 0.1) is 19.8 Å². The molecule has 3 aromatic rings. The molecule has 0 amide bonds. The van der Waals surface area contributed by atoms with Crippen molar-refractivity contribution in [2.75, 3.05) is 18.0 Å². The summed E-state index contributed by atoms with van der Waals surface area (Å²) in [4.78, 5) is 22.6. The summed E-state index contributed by atoms with van der Waals surface area (Å²) in [5.41, 5.74) is 4.19. The molecule has 26 heavy (non-hydrogen) atoms. The van der Waals surface area contributed by atoms with Crippen molar-refractivity contribution in [3.63, 3.8) is 0 Å². The van der Waals surface area contributed by atoms with E-state index in [1.54, 1.807) is 6.33 Å². The molecule has 1 fully saturated rings. The Labute approximate surface area is 152 Å². The number of hydrogen-bond acceptors (Lipinski definition) is 4. The first kappa shape index (κ1) is 16.6. The number of aromatic nitrogens is 3. The minimum absolute atomic E-state index is 0.341. The Hall–Kier alpha value is -2.89. The van der Waals surface area contributed by atoms with E-state index in [2.05, 4.69) is 45.4 Å². The number of aliphatic carboxylic acids is 1. The fraction of sp³-hybridized carbons (Fsp3) is 0.350. The van der Waals surface area contributed by atoms with Gasteiger partial charge in [0.2, 0.25) is 0 Å². The van der Waals surface area contributed by atoms with Gasteiger partial charge in [0, 0.05) is 24.5 Å². The lowest BCUT2D eigenvalue weighted by Gasteiger charge is -2.32. The standard InChI is InChI=1S/C20H22N4O2/c1-13-14(2)24(16-8-4-3-5-9-16)19-17(13)18(21-12-22-19)23-10-6-7-15(11-23)20(25)26/h3-5,8-9,12,15H,6-7,10-11H2,1-2H3,(H,25,26)/t15-/m1/s1. The van der Waals surface area contributed by atoms with Crippen LogP contribution < -0.4 is 4.90 Å². The first-order chi connectivity index (χ1) is 12.6. The van der Waals surface area contributed by atoms with Gasteiger partial charge < -0.3 is 10.0 Å². The summed E-state index contributed by atoms with van der Waals surface area (Å²) < 4.78 is 2.15. The monoisotopic (exact) mass is 350 g/mol. The van der Waals surface area contributed by atoms with E-state index < -0.39 is 5.97 Å². The average Bonchev–Trinajstić information content (AvgIpc) is 2.93. The third-order valence-electron chi connectivity index (χ3n) is 5.36. The Kier molecular flexibility index (Phi) is 4.11. The highest BCUT2D eigenvalue weighted by Crippen LogP contribution is 2.34. The van der Waals surface area contributed by atoms with Gasteiger partial charge in [-0.2, -0.15) is 0 Å². The van der Waals surface area contributed by atoms with Gasteiger partial charge in [0.25, 0.3) is 0 Å². The minimum Gasteiger partial charge on any atom is -0.481 e. The number of carboxylic acid groups (broad SMARTS) is 1. The molecule has 4 rings (SSSR count). The van der Waals surface area contributed by atoms with E-state index in [0.717, 1.165) is 53.2 Å². The highest BCUT2D eigenvalue weighted by Gasteiger charge is 2.28. The van der Waals surface area contributed by atoms with Crippen LogP contribution in [0.4, 0.5) is 5.82 Å². The van der Waals surface area contributed by atoms with Gasteiger partial charge in [0.1, 0.15) is 12.1 Å². The molecule has 6 heteroatoms. The number of carbonyl (C=O) groups is 1. The van der Waals surface area contributed by atoms with Crippen LogP contribution in [0.2, 0.25) is 0 Å². The quantitative estimate of drug-likeness (QED) is 0.784. The van der Waals surface area contributed by atoms with E-state index in [0.29, 0.717) is 6.54 Å². The van der Waals surface area contributed by atoms with Crippen LogP contribution in [0.1, 0.15) is 24.1 Å². The molecular weight excluding hydrogens is 328 g/mol. The van der Waals surface area contributed by atoms with Crippen molar-refractivity contribution in [2.45, 2.75) is 26.7 Å². The Morgan fingerprint density at radius 3 is 2.69 bits per heavy atom. The zero-order chi connectivity index (χ0) is 18.3. The molecule has 1 atom stereocenters. The first-order valence-corrected chi connectivity index (χ1v) is 8.93. The summed E-state index contributed by atoms with van der Waals surface area (Å²) in [5.74, 6) is -0.225. The van der Waals surface area contributed by atoms with Gasteiger partial charge in [-0.1, -0.05) is 18.2 Å². The summed E-state index contributed by atoms with van der Waals surface area (Å²) in [6, 6.07) is 10.2. The van der Waals surface area contributed by atoms with Crippen LogP contribution in [-0.2, 0) is 4.79 Å². The molecule has 0 saturated carbocycles. The van der Waals surface area contributed by atoms with Crippen LogP contribution in [0.15, 0.2) is 36.7 Å². The molecule has 0 radical (unpaired) electrons. The number of hydrogen-bond donors (Lipinski definition) is 1. The van der Waals surface area contributed by atoms with E-state index in [1.165, 1.54) is 0 Å². The molecular formula is C20H22N4O2. The third kappa shape index (κ3) is 2.62. The predicted molar refractivity (Wildman–Crippen MR) is 101 cm³/mol. The molecule has 1 aromatic carbocycles. The highest BCUT2D eigenvalue weighted by molar-refractivity contribution is 5.93. The normalized spacial score (nSPS) is 17.6. The minimum atomic E-state index is -0.727. The molecule has 1 N–H and O–H groups in total. The molecule has 0 aliphatic carbocycles. The van der Waals surface area contributed by atoms with Crippen molar-refractivity contribution in [3.05, 3.63) is 47.9 Å². The number of rotatable bonds is 3. The van der Waals surface area contributed by atoms with Gasteiger partial charge in [0.05, 0.1) is 11.3 Å². The van der Waals surface area contributed by atoms with E-state index in [4.69, 9.17) is 0 Å². The Morgan fingerprint density at radius 2 is 1.96 bits per heavy atom. The number of benzene rings is 1. The van der Waals surface area contributed by atoms with Crippen LogP contribution in [0.3, 0.4) is 0 Å². The Bertz CT molecular complexity index is 965. The van der Waals surface area contributed by atoms with E-state index in [1.807, 2.05) is 18.2 Å². The maximum Gasteiger partial charge on any atom is 0.308 e. The number of piperidine rings is 1. The summed E-state index contributed by atoms with van der Waals surface area (Å²) >= 11 is 0. The van der Waals surface area contributed by atoms with Crippen molar-refractivity contribution in [1.82, 2.24) is 14.5 Å². The lowest BCUT2D eigenvalue weighted by atomic mass is 9.98. The van der Waals surface area contributed by atoms with Crippen molar-refractivity contribution < 1.29 is 9.90 Å². The van der Waals surface area contributed by atoms with Crippen molar-refractivity contribution in [3.8, 4) is 5.69 Å². The van der Waals surface area contributed by atoms with E-state index in [-0.39, 0.29) is 5.92 Å². The number of nitrogens with zero attached hydrogens (tertiary/aromatic N) is 4. The Morgan fingerprint density at radius 1 is 1.19 bits per heavy atom. The summed E-state index contributed by atoms with van der Waals surface area (Å²) in [5, 5.41) is 10.4. The van der Waals surface area contributed by atoms with Gasteiger partial charge in [-0.25, -0.2) is 9.97 Å². The van der Waals surface area contributed by atoms with E-state index in [9.17, 15) is 9.90 Å². The number of para-hydroxylation sites is 1. The first-order valence-electron chi connectivity index (χ1n) is 8.93. The number of anilines is 1. The highest BCUT2D eigenvalue weighted by atomic mass is 16.4. The Balaban J connectivity index is 1.87. The topological polar surface area (TPSA) is 71.2 Å². The molecule has 134 valence electrons. The van der Waals surface area contributed by atoms with Crippen molar-refractivity contribution in [1.29, 1.82) is 0 Å². The lowest BCUT2D eigenvalue weighted by molar-refractivity contribution is -0.141. The molecule has 1 aliphatic heterocycles. The zero-order valence-corrected chi connectivity index (χ0v) is 15.0. The average molecular weight is 350 g/mol. The van der Waals surface area contributed by atoms with E-state index >= 15 is 0 Å². The van der Waals surface area contributed by atoms with Gasteiger partial charge in [-0.05, 0) is 44.4 Å². The van der Waals surface area contributed by atoms with Gasteiger partial charge in [-0.15, -0.1) is 0 Å². The second kappa shape index (κ2) is 6.44. The fourth-order valence-corrected chi connectivity index (χ4v) is 3.88. The summed E-state index contributed by atoms with van der Waals surface area (Å²) in [7, 11) is 0. The van der Waals surface area contributed by atoms with Crippen molar-refractivity contribution in [2.24, 2.45) is 5.92 Å². The maximum atomic E-state index is 11.4. The molecule has 0 unspecified atom stereocenters. The number of aryl methyl sites for hydroxylation is 1. The molecule has 2 aromatic heterocycles. The molecule has 0 bridgehead atoms. The van der Waals surface area contributed by atoms with Crippen molar-refractivity contribution >= 4 is 22.8 Å². The summed E-state index contributed by atoms with van der Waals surface area (Å²) in [6.45, 7) is 5.49. The molecule has 3 heterocycles. The molecule has 1 aliphatic rings. The SMILES string of the molecule is Cc1c(C)n(-c2ccccc2)c2ncnc(N3CCC[C@@H](C(=O)O)C3)c12. The molecule has 0 spiro atoms. The van der Waals surface area contributed by atoms with Crippen LogP contribution in [0.25, 0.3) is 16.7 Å². The largest absolute Gasteiger partial charge is 0.481 e. The number of carboxylic acids is 1. The summed E-state index contributed by atoms with van der Waals surface area (Å²) in [6.07, 6.45) is 3.17. The van der Waals surface area contributed by atoms with Crippen LogP contribution in [-0.4, -0.2) is 38.7 Å². The fourth-order valence-electron chi connectivity index (χ4n) is 3.88.